The highest BCUT2D eigenvalue weighted by Gasteiger charge is 2.41. The number of hydrazine groups is 1. The first kappa shape index (κ1) is 32.9. The molecule has 0 fully saturated rings. The Morgan fingerprint density at radius 1 is 0.740 bits per heavy atom. The summed E-state index contributed by atoms with van der Waals surface area (Å²) in [4.78, 5) is 14.4. The predicted molar refractivity (Wildman–Crippen MR) is 199 cm³/mol. The van der Waals surface area contributed by atoms with Crippen LogP contribution in [0.15, 0.2) is 151 Å². The van der Waals surface area contributed by atoms with E-state index in [4.69, 9.17) is 15.4 Å². The summed E-state index contributed by atoms with van der Waals surface area (Å²) in [5.41, 5.74) is 11.7. The number of hydrogen-bond acceptors (Lipinski definition) is 6. The largest absolute Gasteiger partial charge is 0.322 e. The van der Waals surface area contributed by atoms with Gasteiger partial charge in [0.2, 0.25) is 5.82 Å². The lowest BCUT2D eigenvalue weighted by atomic mass is 9.77. The lowest BCUT2D eigenvalue weighted by Gasteiger charge is -2.34. The first-order valence-electron chi connectivity index (χ1n) is 17.4. The molecule has 50 heavy (non-hydrogen) atoms. The highest BCUT2D eigenvalue weighted by molar-refractivity contribution is 5.95. The van der Waals surface area contributed by atoms with Crippen LogP contribution in [-0.4, -0.2) is 43.6 Å². The molecule has 0 spiro atoms. The van der Waals surface area contributed by atoms with Crippen molar-refractivity contribution in [1.29, 1.82) is 0 Å². The van der Waals surface area contributed by atoms with E-state index in [0.29, 0.717) is 5.82 Å². The molecular formula is C43H42N6O. The van der Waals surface area contributed by atoms with Gasteiger partial charge in [-0.15, -0.1) is 15.0 Å². The Morgan fingerprint density at radius 3 is 1.82 bits per heavy atom. The second-order valence-corrected chi connectivity index (χ2v) is 12.9. The zero-order valence-corrected chi connectivity index (χ0v) is 28.8. The summed E-state index contributed by atoms with van der Waals surface area (Å²) in [6, 6.07) is 48.0. The molecule has 0 bridgehead atoms. The molecule has 7 heteroatoms. The molecule has 0 radical (unpaired) electrons. The van der Waals surface area contributed by atoms with Crippen molar-refractivity contribution in [3.63, 3.8) is 0 Å². The van der Waals surface area contributed by atoms with E-state index in [1.54, 1.807) is 11.7 Å². The third-order valence-electron chi connectivity index (χ3n) is 9.71. The van der Waals surface area contributed by atoms with Crippen LogP contribution in [0.1, 0.15) is 55.9 Å². The molecular weight excluding hydrogens is 617 g/mol. The quantitative estimate of drug-likeness (QED) is 0.134. The summed E-state index contributed by atoms with van der Waals surface area (Å²) in [5.74, 6) is 0.674. The molecule has 0 amide bonds. The zero-order chi connectivity index (χ0) is 34.5. The van der Waals surface area contributed by atoms with Crippen molar-refractivity contribution < 1.29 is 4.79 Å². The van der Waals surface area contributed by atoms with Crippen LogP contribution in [-0.2, 0) is 16.8 Å². The summed E-state index contributed by atoms with van der Waals surface area (Å²) in [7, 11) is 0. The van der Waals surface area contributed by atoms with Crippen LogP contribution < -0.4 is 5.43 Å². The van der Waals surface area contributed by atoms with Crippen LogP contribution >= 0.6 is 0 Å². The van der Waals surface area contributed by atoms with Crippen molar-refractivity contribution in [3.8, 4) is 22.5 Å². The summed E-state index contributed by atoms with van der Waals surface area (Å²) in [6.07, 6.45) is 2.92. The van der Waals surface area contributed by atoms with Crippen LogP contribution in [0.2, 0.25) is 0 Å². The van der Waals surface area contributed by atoms with E-state index in [0.717, 1.165) is 70.5 Å². The lowest BCUT2D eigenvalue weighted by molar-refractivity contribution is -0.114. The minimum Gasteiger partial charge on any atom is -0.322 e. The number of benzene rings is 5. The molecule has 1 atom stereocenters. The molecule has 250 valence electrons. The molecule has 1 N–H and O–H groups in total. The molecule has 1 unspecified atom stereocenters. The van der Waals surface area contributed by atoms with Crippen molar-refractivity contribution in [1.82, 2.24) is 30.6 Å². The normalized spacial score (nSPS) is 14.9. The van der Waals surface area contributed by atoms with Crippen LogP contribution in [0.25, 0.3) is 22.5 Å². The van der Waals surface area contributed by atoms with E-state index >= 15 is 0 Å². The fourth-order valence-corrected chi connectivity index (χ4v) is 7.33. The molecule has 0 saturated heterocycles. The molecule has 5 aromatic carbocycles. The molecule has 7 rings (SSSR count). The fourth-order valence-electron chi connectivity index (χ4n) is 7.33. The Bertz CT molecular complexity index is 1990. The number of nitrogens with zero attached hydrogens (tertiary/aromatic N) is 5. The summed E-state index contributed by atoms with van der Waals surface area (Å²) < 4.78 is 0. The average Bonchev–Trinajstić information content (AvgIpc) is 3.77. The Hall–Kier alpha value is -5.66. The van der Waals surface area contributed by atoms with E-state index in [2.05, 4.69) is 127 Å². The van der Waals surface area contributed by atoms with Gasteiger partial charge in [-0.1, -0.05) is 153 Å². The van der Waals surface area contributed by atoms with Gasteiger partial charge in [0, 0.05) is 23.4 Å². The Labute approximate surface area is 294 Å². The highest BCUT2D eigenvalue weighted by atomic mass is 16.1. The minimum absolute atomic E-state index is 0.00976. The maximum Gasteiger partial charge on any atom is 0.205 e. The minimum atomic E-state index is -0.850. The Morgan fingerprint density at radius 2 is 1.28 bits per heavy atom. The van der Waals surface area contributed by atoms with Gasteiger partial charge in [-0.05, 0) is 65.3 Å². The third-order valence-corrected chi connectivity index (χ3v) is 9.71. The van der Waals surface area contributed by atoms with Crippen LogP contribution in [0.3, 0.4) is 0 Å². The number of unbranched alkanes of at least 4 members (excludes halogenated alkanes) is 1. The number of nitrogens with one attached hydrogen (secondary N) is 1. The maximum absolute atomic E-state index is 12.7. The molecule has 2 heterocycles. The second kappa shape index (κ2) is 14.4. The van der Waals surface area contributed by atoms with E-state index in [-0.39, 0.29) is 11.8 Å². The molecule has 0 aliphatic carbocycles. The van der Waals surface area contributed by atoms with Gasteiger partial charge in [0.15, 0.2) is 11.3 Å². The van der Waals surface area contributed by atoms with Gasteiger partial charge in [-0.25, -0.2) is 5.01 Å². The fraction of sp³-hybridized carbons (Fsp3) is 0.209. The van der Waals surface area contributed by atoms with Gasteiger partial charge in [-0.3, -0.25) is 4.79 Å². The number of allylic oxidation sites excluding steroid dienone is 1. The van der Waals surface area contributed by atoms with E-state index in [9.17, 15) is 4.79 Å². The molecule has 0 saturated carbocycles. The van der Waals surface area contributed by atoms with Crippen molar-refractivity contribution in [3.05, 3.63) is 173 Å². The molecule has 7 nitrogen and oxygen atoms in total. The average molecular weight is 659 g/mol. The van der Waals surface area contributed by atoms with Gasteiger partial charge in [0.1, 0.15) is 0 Å². The van der Waals surface area contributed by atoms with Gasteiger partial charge < -0.3 is 5.43 Å². The second-order valence-electron chi connectivity index (χ2n) is 12.9. The summed E-state index contributed by atoms with van der Waals surface area (Å²) >= 11 is 0. The predicted octanol–water partition coefficient (Wildman–Crippen LogP) is 8.24. The standard InChI is InChI=1S/C43H42N6O/c1-4-5-29-48-40(41(32(3)50)31(2)45-48)30-33-25-27-34(28-26-33)38-23-15-16-24-39(38)42-44-47-49(46-42)43(35-17-9-6-10-18-35,36-19-11-7-12-20-36)37-21-13-8-14-22-37/h6-28,40,45H,4-5,29-30H2,1-3H3. The Balaban J connectivity index is 1.26. The van der Waals surface area contributed by atoms with Gasteiger partial charge in [0.05, 0.1) is 6.04 Å². The van der Waals surface area contributed by atoms with E-state index in [1.807, 2.05) is 37.3 Å². The summed E-state index contributed by atoms with van der Waals surface area (Å²) in [5, 5.41) is 16.9. The van der Waals surface area contributed by atoms with E-state index < -0.39 is 5.54 Å². The SMILES string of the molecule is CCCCN1NC(C)=C(C(C)=O)C1Cc1ccc(-c2ccccc2-c2nnn(C(c3ccccc3)(c3ccccc3)c3ccccc3)n2)cc1. The summed E-state index contributed by atoms with van der Waals surface area (Å²) in [6.45, 7) is 6.76. The first-order chi connectivity index (χ1) is 24.5. The number of aromatic nitrogens is 4. The number of hydrogen-bond donors (Lipinski definition) is 1. The van der Waals surface area contributed by atoms with Crippen LogP contribution in [0.4, 0.5) is 0 Å². The molecule has 6 aromatic rings. The monoisotopic (exact) mass is 658 g/mol. The van der Waals surface area contributed by atoms with Crippen molar-refractivity contribution in [2.24, 2.45) is 0 Å². The number of carbonyl (C=O) groups is 1. The Kier molecular flexibility index (Phi) is 9.49. The number of carbonyl (C=O) groups excluding carboxylic acids is 1. The van der Waals surface area contributed by atoms with Crippen LogP contribution in [0.5, 0.6) is 0 Å². The molecule has 1 aromatic heterocycles. The smallest absolute Gasteiger partial charge is 0.205 e. The van der Waals surface area contributed by atoms with Gasteiger partial charge >= 0.3 is 0 Å². The highest BCUT2D eigenvalue weighted by Crippen LogP contribution is 2.40. The van der Waals surface area contributed by atoms with E-state index in [1.165, 1.54) is 5.56 Å². The van der Waals surface area contributed by atoms with Crippen molar-refractivity contribution in [2.45, 2.75) is 51.6 Å². The number of rotatable bonds is 12. The van der Waals surface area contributed by atoms with Gasteiger partial charge in [-0.2, -0.15) is 0 Å². The zero-order valence-electron chi connectivity index (χ0n) is 28.8. The number of ketones is 1. The molecule has 1 aliphatic rings. The lowest BCUT2D eigenvalue weighted by Crippen LogP contribution is -2.41. The molecule has 1 aliphatic heterocycles. The maximum atomic E-state index is 12.7. The topological polar surface area (TPSA) is 75.9 Å². The number of tetrazole rings is 1. The van der Waals surface area contributed by atoms with Crippen molar-refractivity contribution in [2.75, 3.05) is 6.54 Å². The number of Topliss-reactive ketones (excluding diaryl/α,β-unsaturated/α-hetero) is 1. The third kappa shape index (κ3) is 6.16. The van der Waals surface area contributed by atoms with Gasteiger partial charge in [0.25, 0.3) is 0 Å². The first-order valence-corrected chi connectivity index (χ1v) is 17.4. The van der Waals surface area contributed by atoms with Crippen LogP contribution in [0, 0.1) is 0 Å². The van der Waals surface area contributed by atoms with Crippen molar-refractivity contribution >= 4 is 5.78 Å².